The highest BCUT2D eigenvalue weighted by molar-refractivity contribution is 7.10. The maximum absolute atomic E-state index is 12.0. The summed E-state index contributed by atoms with van der Waals surface area (Å²) < 4.78 is 0. The second-order valence-electron chi connectivity index (χ2n) is 5.42. The summed E-state index contributed by atoms with van der Waals surface area (Å²) in [7, 11) is 0. The van der Waals surface area contributed by atoms with Crippen molar-refractivity contribution in [3.63, 3.8) is 0 Å². The van der Waals surface area contributed by atoms with Crippen LogP contribution in [-0.2, 0) is 4.79 Å². The molecule has 0 aliphatic carbocycles. The van der Waals surface area contributed by atoms with E-state index in [1.807, 2.05) is 36.3 Å². The van der Waals surface area contributed by atoms with E-state index in [-0.39, 0.29) is 11.9 Å². The number of aliphatic hydroxyl groups is 1. The lowest BCUT2D eigenvalue weighted by atomic mass is 10.1. The highest BCUT2D eigenvalue weighted by atomic mass is 32.1. The van der Waals surface area contributed by atoms with Crippen LogP contribution in [0.3, 0.4) is 0 Å². The van der Waals surface area contributed by atoms with Crippen molar-refractivity contribution in [2.45, 2.75) is 39.3 Å². The Morgan fingerprint density at radius 3 is 2.74 bits per heavy atom. The summed E-state index contributed by atoms with van der Waals surface area (Å²) >= 11 is 1.64. The molecule has 1 unspecified atom stereocenters. The van der Waals surface area contributed by atoms with Gasteiger partial charge in [-0.3, -0.25) is 9.69 Å². The predicted octanol–water partition coefficient (Wildman–Crippen LogP) is 2.02. The Labute approximate surface area is 119 Å². The van der Waals surface area contributed by atoms with Crippen molar-refractivity contribution >= 4 is 17.2 Å². The van der Waals surface area contributed by atoms with Crippen LogP contribution in [0.4, 0.5) is 0 Å². The van der Waals surface area contributed by atoms with Gasteiger partial charge in [0.05, 0.1) is 18.2 Å². The van der Waals surface area contributed by atoms with E-state index < -0.39 is 5.60 Å². The fourth-order valence-electron chi connectivity index (χ4n) is 1.93. The van der Waals surface area contributed by atoms with Gasteiger partial charge in [-0.15, -0.1) is 11.3 Å². The third-order valence-corrected chi connectivity index (χ3v) is 3.83. The van der Waals surface area contributed by atoms with Crippen molar-refractivity contribution in [3.8, 4) is 0 Å². The molecule has 1 amide bonds. The average molecular weight is 284 g/mol. The number of likely N-dealkylation sites (N-methyl/N-ethyl adjacent to an activating group) is 1. The van der Waals surface area contributed by atoms with Gasteiger partial charge in [-0.05, 0) is 38.8 Å². The summed E-state index contributed by atoms with van der Waals surface area (Å²) in [5.41, 5.74) is -0.782. The minimum atomic E-state index is -0.782. The Bertz CT molecular complexity index is 385. The normalized spacial score (nSPS) is 13.6. The first kappa shape index (κ1) is 16.1. The molecule has 1 rings (SSSR count). The van der Waals surface area contributed by atoms with Crippen LogP contribution in [0.1, 0.15) is 38.6 Å². The first-order valence-corrected chi connectivity index (χ1v) is 7.47. The van der Waals surface area contributed by atoms with Crippen molar-refractivity contribution < 1.29 is 9.90 Å². The Kier molecular flexibility index (Phi) is 5.97. The first-order chi connectivity index (χ1) is 8.81. The number of thiophene rings is 1. The lowest BCUT2D eigenvalue weighted by Crippen LogP contribution is -2.44. The van der Waals surface area contributed by atoms with Crippen molar-refractivity contribution in [3.05, 3.63) is 22.4 Å². The van der Waals surface area contributed by atoms with Gasteiger partial charge in [-0.2, -0.15) is 0 Å². The number of nitrogens with one attached hydrogen (secondary N) is 1. The molecule has 1 atom stereocenters. The molecule has 0 aromatic carbocycles. The quantitative estimate of drug-likeness (QED) is 0.805. The molecule has 0 fully saturated rings. The molecule has 0 saturated heterocycles. The van der Waals surface area contributed by atoms with Gasteiger partial charge in [-0.25, -0.2) is 0 Å². The lowest BCUT2D eigenvalue weighted by Gasteiger charge is -2.27. The number of rotatable bonds is 7. The van der Waals surface area contributed by atoms with Crippen LogP contribution < -0.4 is 5.32 Å². The second kappa shape index (κ2) is 7.03. The van der Waals surface area contributed by atoms with Crippen LogP contribution in [0.2, 0.25) is 0 Å². The number of amides is 1. The van der Waals surface area contributed by atoms with Gasteiger partial charge >= 0.3 is 0 Å². The SMILES string of the molecule is CCN(CC(=O)NC(C)c1cccs1)CC(C)(C)O. The van der Waals surface area contributed by atoms with Gasteiger partial charge in [0.25, 0.3) is 0 Å². The van der Waals surface area contributed by atoms with E-state index >= 15 is 0 Å². The van der Waals surface area contributed by atoms with Crippen LogP contribution >= 0.6 is 11.3 Å². The third-order valence-electron chi connectivity index (χ3n) is 2.77. The number of carbonyl (C=O) groups is 1. The summed E-state index contributed by atoms with van der Waals surface area (Å²) in [4.78, 5) is 15.1. The molecule has 1 aromatic rings. The molecule has 0 radical (unpaired) electrons. The highest BCUT2D eigenvalue weighted by Crippen LogP contribution is 2.17. The molecule has 1 aromatic heterocycles. The molecule has 2 N–H and O–H groups in total. The van der Waals surface area contributed by atoms with Crippen molar-refractivity contribution in [1.82, 2.24) is 10.2 Å². The van der Waals surface area contributed by atoms with Crippen LogP contribution in [0.15, 0.2) is 17.5 Å². The monoisotopic (exact) mass is 284 g/mol. The summed E-state index contributed by atoms with van der Waals surface area (Å²) in [5, 5.41) is 14.8. The van der Waals surface area contributed by atoms with Gasteiger partial charge in [0.1, 0.15) is 0 Å². The maximum atomic E-state index is 12.0. The molecule has 19 heavy (non-hydrogen) atoms. The summed E-state index contributed by atoms with van der Waals surface area (Å²) in [6.07, 6.45) is 0. The van der Waals surface area contributed by atoms with E-state index in [4.69, 9.17) is 0 Å². The molecule has 0 spiro atoms. The summed E-state index contributed by atoms with van der Waals surface area (Å²) in [6.45, 7) is 9.02. The molecule has 1 heterocycles. The zero-order chi connectivity index (χ0) is 14.5. The van der Waals surface area contributed by atoms with E-state index in [1.165, 1.54) is 0 Å². The first-order valence-electron chi connectivity index (χ1n) is 6.59. The zero-order valence-corrected chi connectivity index (χ0v) is 13.0. The number of hydrogen-bond donors (Lipinski definition) is 2. The number of hydrogen-bond acceptors (Lipinski definition) is 4. The summed E-state index contributed by atoms with van der Waals surface area (Å²) in [5.74, 6) is -0.00741. The van der Waals surface area contributed by atoms with Gasteiger partial charge in [0, 0.05) is 11.4 Å². The van der Waals surface area contributed by atoms with Crippen molar-refractivity contribution in [1.29, 1.82) is 0 Å². The van der Waals surface area contributed by atoms with Crippen molar-refractivity contribution in [2.24, 2.45) is 0 Å². The molecule has 4 nitrogen and oxygen atoms in total. The van der Waals surface area contributed by atoms with E-state index in [1.54, 1.807) is 25.2 Å². The minimum absolute atomic E-state index is 0.00741. The average Bonchev–Trinajstić information content (AvgIpc) is 2.79. The topological polar surface area (TPSA) is 52.6 Å². The molecular weight excluding hydrogens is 260 g/mol. The van der Waals surface area contributed by atoms with E-state index in [9.17, 15) is 9.90 Å². The van der Waals surface area contributed by atoms with Gasteiger partial charge in [-0.1, -0.05) is 13.0 Å². The zero-order valence-electron chi connectivity index (χ0n) is 12.1. The molecule has 0 bridgehead atoms. The van der Waals surface area contributed by atoms with Crippen molar-refractivity contribution in [2.75, 3.05) is 19.6 Å². The van der Waals surface area contributed by atoms with Gasteiger partial charge < -0.3 is 10.4 Å². The Morgan fingerprint density at radius 1 is 1.58 bits per heavy atom. The molecule has 0 aliphatic heterocycles. The van der Waals surface area contributed by atoms with Crippen LogP contribution in [0, 0.1) is 0 Å². The molecule has 5 heteroatoms. The van der Waals surface area contributed by atoms with Gasteiger partial charge in [0.15, 0.2) is 0 Å². The fraction of sp³-hybridized carbons (Fsp3) is 0.643. The molecular formula is C14H24N2O2S. The number of nitrogens with zero attached hydrogens (tertiary/aromatic N) is 1. The minimum Gasteiger partial charge on any atom is -0.389 e. The van der Waals surface area contributed by atoms with E-state index in [0.29, 0.717) is 13.1 Å². The van der Waals surface area contributed by atoms with Crippen LogP contribution in [0.25, 0.3) is 0 Å². The number of carbonyl (C=O) groups excluding carboxylic acids is 1. The van der Waals surface area contributed by atoms with E-state index in [2.05, 4.69) is 5.32 Å². The second-order valence-corrected chi connectivity index (χ2v) is 6.40. The Morgan fingerprint density at radius 2 is 2.26 bits per heavy atom. The third kappa shape index (κ3) is 6.18. The molecule has 108 valence electrons. The Hall–Kier alpha value is -0.910. The standard InChI is InChI=1S/C14H24N2O2S/c1-5-16(10-14(3,4)18)9-13(17)15-11(2)12-7-6-8-19-12/h6-8,11,18H,5,9-10H2,1-4H3,(H,15,17). The van der Waals surface area contributed by atoms with E-state index in [0.717, 1.165) is 11.4 Å². The van der Waals surface area contributed by atoms with Crippen LogP contribution in [-0.4, -0.2) is 41.1 Å². The summed E-state index contributed by atoms with van der Waals surface area (Å²) in [6, 6.07) is 4.03. The largest absolute Gasteiger partial charge is 0.389 e. The van der Waals surface area contributed by atoms with Crippen LogP contribution in [0.5, 0.6) is 0 Å². The smallest absolute Gasteiger partial charge is 0.234 e. The van der Waals surface area contributed by atoms with Gasteiger partial charge in [0.2, 0.25) is 5.91 Å². The fourth-order valence-corrected chi connectivity index (χ4v) is 2.66. The highest BCUT2D eigenvalue weighted by Gasteiger charge is 2.20. The molecule has 0 aliphatic rings. The molecule has 0 saturated carbocycles. The Balaban J connectivity index is 2.45. The predicted molar refractivity (Wildman–Crippen MR) is 79.3 cm³/mol. The maximum Gasteiger partial charge on any atom is 0.234 e. The lowest BCUT2D eigenvalue weighted by molar-refractivity contribution is -0.123.